The normalized spacial score (nSPS) is 18.5. The summed E-state index contributed by atoms with van der Waals surface area (Å²) >= 11 is 0. The lowest BCUT2D eigenvalue weighted by Gasteiger charge is -2.11. The van der Waals surface area contributed by atoms with Gasteiger partial charge in [-0.05, 0) is 51.6 Å². The number of hydrogen-bond acceptors (Lipinski definition) is 10. The van der Waals surface area contributed by atoms with Crippen LogP contribution in [0.4, 0.5) is 0 Å². The number of carbonyl (C=O) groups is 4. The molecule has 1 aliphatic heterocycles. The second kappa shape index (κ2) is 22.1. The molecular formula is C21H45N5O9. The van der Waals surface area contributed by atoms with Crippen molar-refractivity contribution in [3.8, 4) is 0 Å². The second-order valence-electron chi connectivity index (χ2n) is 8.07. The fourth-order valence-electron chi connectivity index (χ4n) is 2.23. The molecule has 1 saturated heterocycles. The van der Waals surface area contributed by atoms with Crippen molar-refractivity contribution < 1.29 is 44.7 Å². The Morgan fingerprint density at radius 2 is 1.43 bits per heavy atom. The Bertz CT molecular complexity index is 590. The first kappa shape index (κ1) is 37.2. The lowest BCUT2D eigenvalue weighted by Crippen LogP contribution is -2.39. The Labute approximate surface area is 206 Å². The number of aliphatic carboxylic acids is 4. The Morgan fingerprint density at radius 1 is 0.914 bits per heavy atom. The summed E-state index contributed by atoms with van der Waals surface area (Å²) in [6, 6.07) is -2.84. The Kier molecular flexibility index (Phi) is 23.5. The van der Waals surface area contributed by atoms with Gasteiger partial charge >= 0.3 is 23.9 Å². The summed E-state index contributed by atoms with van der Waals surface area (Å²) in [6.45, 7) is 6.55. The van der Waals surface area contributed by atoms with E-state index in [2.05, 4.69) is 5.32 Å². The summed E-state index contributed by atoms with van der Waals surface area (Å²) in [6.07, 6.45) is 3.78. The highest BCUT2D eigenvalue weighted by molar-refractivity contribution is 5.74. The van der Waals surface area contributed by atoms with Crippen LogP contribution in [0.1, 0.15) is 59.3 Å². The number of carboxylic acid groups (broad SMARTS) is 4. The Hall–Kier alpha value is -2.36. The number of nitrogens with one attached hydrogen (secondary N) is 1. The molecule has 0 aromatic heterocycles. The second-order valence-corrected chi connectivity index (χ2v) is 8.07. The molecule has 14 N–H and O–H groups in total. The van der Waals surface area contributed by atoms with Crippen molar-refractivity contribution in [2.24, 2.45) is 28.9 Å². The molecule has 0 aromatic carbocycles. The molecular weight excluding hydrogens is 466 g/mol. The quantitative estimate of drug-likeness (QED) is 0.142. The molecule has 0 amide bonds. The number of unbranched alkanes of at least 4 members (excludes halogenated alkanes) is 1. The van der Waals surface area contributed by atoms with Crippen LogP contribution in [-0.2, 0) is 19.2 Å². The van der Waals surface area contributed by atoms with Gasteiger partial charge in [0.05, 0.1) is 6.10 Å². The van der Waals surface area contributed by atoms with Gasteiger partial charge in [-0.2, -0.15) is 0 Å². The molecule has 1 fully saturated rings. The molecule has 6 atom stereocenters. The van der Waals surface area contributed by atoms with Gasteiger partial charge in [-0.3, -0.25) is 19.2 Å². The molecule has 35 heavy (non-hydrogen) atoms. The minimum Gasteiger partial charge on any atom is -0.480 e. The summed E-state index contributed by atoms with van der Waals surface area (Å²) < 4.78 is 0. The van der Waals surface area contributed by atoms with Gasteiger partial charge in [0.15, 0.2) is 0 Å². The van der Waals surface area contributed by atoms with Crippen molar-refractivity contribution in [2.45, 2.75) is 89.6 Å². The van der Waals surface area contributed by atoms with Gasteiger partial charge in [0.25, 0.3) is 0 Å². The van der Waals surface area contributed by atoms with Gasteiger partial charge in [-0.1, -0.05) is 26.7 Å². The number of aliphatic hydroxyl groups is 1. The molecule has 1 heterocycles. The van der Waals surface area contributed by atoms with E-state index in [9.17, 15) is 19.2 Å². The monoisotopic (exact) mass is 511 g/mol. The Morgan fingerprint density at radius 3 is 1.63 bits per heavy atom. The number of carboxylic acids is 4. The van der Waals surface area contributed by atoms with Gasteiger partial charge in [0.2, 0.25) is 0 Å². The van der Waals surface area contributed by atoms with Crippen LogP contribution in [0.5, 0.6) is 0 Å². The van der Waals surface area contributed by atoms with E-state index < -0.39 is 48.1 Å². The molecule has 1 aliphatic rings. The maximum Gasteiger partial charge on any atom is 0.323 e. The largest absolute Gasteiger partial charge is 0.480 e. The lowest BCUT2D eigenvalue weighted by atomic mass is 10.0. The predicted octanol–water partition coefficient (Wildman–Crippen LogP) is -1.43. The van der Waals surface area contributed by atoms with Crippen molar-refractivity contribution in [3.63, 3.8) is 0 Å². The van der Waals surface area contributed by atoms with Crippen LogP contribution in [0.25, 0.3) is 0 Å². The van der Waals surface area contributed by atoms with E-state index in [4.69, 9.17) is 48.5 Å². The first-order valence-corrected chi connectivity index (χ1v) is 11.4. The van der Waals surface area contributed by atoms with E-state index in [0.29, 0.717) is 13.0 Å². The first-order chi connectivity index (χ1) is 16.1. The van der Waals surface area contributed by atoms with Crippen molar-refractivity contribution in [1.82, 2.24) is 5.32 Å². The third-order valence-electron chi connectivity index (χ3n) is 4.99. The zero-order valence-electron chi connectivity index (χ0n) is 20.8. The standard InChI is InChI=1S/C6H14N2O2.C6H13NO2.C5H9NO2.C4H9NO3/c7-4-2-1-3-5(8)6(9)10;1-3-4(2)5(7)6(8)9;7-5(8)4-2-1-3-6-4;1-2(6)3(5)4(7)8/h5H,1-4,7-8H2,(H,9,10);4-5H,3,7H2,1-2H3,(H,8,9);4,6H,1-3H2,(H,7,8);2-3,6H,5H2,1H3,(H,7,8)/t5-;4-,5-;4-;2-,3+/m0001/s1. The molecule has 0 aromatic rings. The first-order valence-electron chi connectivity index (χ1n) is 11.4. The maximum atomic E-state index is 10.2. The van der Waals surface area contributed by atoms with Crippen molar-refractivity contribution in [3.05, 3.63) is 0 Å². The van der Waals surface area contributed by atoms with Crippen LogP contribution >= 0.6 is 0 Å². The number of nitrogens with two attached hydrogens (primary N) is 4. The maximum absolute atomic E-state index is 10.2. The smallest absolute Gasteiger partial charge is 0.323 e. The average Bonchev–Trinajstić information content (AvgIpc) is 3.34. The summed E-state index contributed by atoms with van der Waals surface area (Å²) in [7, 11) is 0. The van der Waals surface area contributed by atoms with Crippen molar-refractivity contribution >= 4 is 23.9 Å². The van der Waals surface area contributed by atoms with E-state index in [1.807, 2.05) is 13.8 Å². The number of hydrogen-bond donors (Lipinski definition) is 10. The zero-order chi connectivity index (χ0) is 28.1. The van der Waals surface area contributed by atoms with Crippen LogP contribution in [0.15, 0.2) is 0 Å². The third-order valence-corrected chi connectivity index (χ3v) is 4.99. The highest BCUT2D eigenvalue weighted by Gasteiger charge is 2.20. The van der Waals surface area contributed by atoms with E-state index in [1.165, 1.54) is 6.92 Å². The molecule has 0 saturated carbocycles. The van der Waals surface area contributed by atoms with Gasteiger partial charge < -0.3 is 53.8 Å². The molecule has 14 nitrogen and oxygen atoms in total. The van der Waals surface area contributed by atoms with Gasteiger partial charge in [0.1, 0.15) is 24.2 Å². The highest BCUT2D eigenvalue weighted by Crippen LogP contribution is 2.04. The van der Waals surface area contributed by atoms with Crippen LogP contribution in [0.2, 0.25) is 0 Å². The fourth-order valence-corrected chi connectivity index (χ4v) is 2.23. The number of rotatable bonds is 11. The molecule has 208 valence electrons. The molecule has 0 radical (unpaired) electrons. The average molecular weight is 512 g/mol. The van der Waals surface area contributed by atoms with E-state index in [1.54, 1.807) is 0 Å². The van der Waals surface area contributed by atoms with Gasteiger partial charge in [-0.15, -0.1) is 0 Å². The minimum absolute atomic E-state index is 0.0718. The fraction of sp³-hybridized carbons (Fsp3) is 0.810. The SMILES string of the molecule is CC[C@H](C)[C@H](N)C(=O)O.C[C@@H](O)[C@H](N)C(=O)O.NCCCC[C@H](N)C(=O)O.O=C(O)[C@@H]1CCCN1. The van der Waals surface area contributed by atoms with Crippen LogP contribution in [-0.4, -0.2) is 92.8 Å². The topological polar surface area (TPSA) is 286 Å². The highest BCUT2D eigenvalue weighted by atomic mass is 16.4. The summed E-state index contributed by atoms with van der Waals surface area (Å²) in [5.74, 6) is -3.67. The molecule has 0 unspecified atom stereocenters. The van der Waals surface area contributed by atoms with Crippen LogP contribution < -0.4 is 28.3 Å². The van der Waals surface area contributed by atoms with Gasteiger partial charge in [-0.25, -0.2) is 0 Å². The summed E-state index contributed by atoms with van der Waals surface area (Å²) in [4.78, 5) is 40.3. The molecule has 1 rings (SSSR count). The van der Waals surface area contributed by atoms with Gasteiger partial charge in [0, 0.05) is 0 Å². The van der Waals surface area contributed by atoms with E-state index >= 15 is 0 Å². The van der Waals surface area contributed by atoms with Crippen LogP contribution in [0.3, 0.4) is 0 Å². The van der Waals surface area contributed by atoms with E-state index in [0.717, 1.165) is 38.6 Å². The summed E-state index contributed by atoms with van der Waals surface area (Å²) in [5.41, 5.74) is 20.6. The molecule has 0 bridgehead atoms. The van der Waals surface area contributed by atoms with Crippen molar-refractivity contribution in [1.29, 1.82) is 0 Å². The minimum atomic E-state index is -1.18. The predicted molar refractivity (Wildman–Crippen MR) is 130 cm³/mol. The Balaban J connectivity index is -0.000000391. The molecule has 0 aliphatic carbocycles. The summed E-state index contributed by atoms with van der Waals surface area (Å²) in [5, 5.41) is 44.4. The van der Waals surface area contributed by atoms with E-state index in [-0.39, 0.29) is 12.0 Å². The molecule has 14 heteroatoms. The lowest BCUT2D eigenvalue weighted by molar-refractivity contribution is -0.141. The zero-order valence-corrected chi connectivity index (χ0v) is 20.8. The molecule has 0 spiro atoms. The third kappa shape index (κ3) is 21.9. The van der Waals surface area contributed by atoms with Crippen molar-refractivity contribution in [2.75, 3.05) is 13.1 Å². The number of aliphatic hydroxyl groups excluding tert-OH is 1. The van der Waals surface area contributed by atoms with Crippen LogP contribution in [0, 0.1) is 5.92 Å².